The van der Waals surface area contributed by atoms with Crippen LogP contribution in [0, 0.1) is 0 Å². The summed E-state index contributed by atoms with van der Waals surface area (Å²) in [6.45, 7) is 0.760. The summed E-state index contributed by atoms with van der Waals surface area (Å²) in [5.74, 6) is 0.540. The van der Waals surface area contributed by atoms with Gasteiger partial charge in [-0.25, -0.2) is 0 Å². The van der Waals surface area contributed by atoms with Gasteiger partial charge in [0.15, 0.2) is 10.1 Å². The minimum Gasteiger partial charge on any atom is -0.357 e. The Labute approximate surface area is 154 Å². The minimum atomic E-state index is 0.0520. The number of hydrogen-bond acceptors (Lipinski definition) is 7. The van der Waals surface area contributed by atoms with Crippen LogP contribution in [-0.2, 0) is 4.79 Å². The third-order valence-electron chi connectivity index (χ3n) is 4.21. The zero-order valence-corrected chi connectivity index (χ0v) is 15.2. The van der Waals surface area contributed by atoms with Crippen LogP contribution in [0.2, 0.25) is 0 Å². The largest absolute Gasteiger partial charge is 0.357 e. The van der Waals surface area contributed by atoms with Crippen LogP contribution in [0.4, 0.5) is 10.8 Å². The second kappa shape index (κ2) is 7.13. The molecule has 2 aromatic rings. The molecule has 1 aromatic carbocycles. The number of carbonyl (C=O) groups is 2. The molecule has 0 bridgehead atoms. The average Bonchev–Trinajstić information content (AvgIpc) is 3.15. The molecular formula is C17H18N4O2S2. The van der Waals surface area contributed by atoms with E-state index in [4.69, 9.17) is 0 Å². The lowest BCUT2D eigenvalue weighted by molar-refractivity contribution is -0.117. The van der Waals surface area contributed by atoms with Crippen molar-refractivity contribution in [2.24, 2.45) is 0 Å². The first-order valence-electron chi connectivity index (χ1n) is 8.35. The molecule has 130 valence electrons. The summed E-state index contributed by atoms with van der Waals surface area (Å²) in [7, 11) is 0. The molecule has 1 saturated heterocycles. The second-order valence-corrected chi connectivity index (χ2v) is 8.40. The predicted octanol–water partition coefficient (Wildman–Crippen LogP) is 3.21. The van der Waals surface area contributed by atoms with Crippen molar-refractivity contribution in [1.29, 1.82) is 0 Å². The molecule has 2 aliphatic rings. The van der Waals surface area contributed by atoms with E-state index < -0.39 is 0 Å². The van der Waals surface area contributed by atoms with Crippen molar-refractivity contribution in [3.8, 4) is 0 Å². The highest BCUT2D eigenvalue weighted by atomic mass is 32.2. The topological polar surface area (TPSA) is 75.2 Å². The molecule has 2 heterocycles. The molecule has 0 radical (unpaired) electrons. The smallest absolute Gasteiger partial charge is 0.227 e. The van der Waals surface area contributed by atoms with Gasteiger partial charge in [-0.05, 0) is 43.5 Å². The number of thioether (sulfide) groups is 1. The molecule has 0 atom stereocenters. The second-order valence-electron chi connectivity index (χ2n) is 6.20. The van der Waals surface area contributed by atoms with E-state index in [-0.39, 0.29) is 11.7 Å². The zero-order chi connectivity index (χ0) is 17.2. The van der Waals surface area contributed by atoms with Gasteiger partial charge in [-0.1, -0.05) is 23.1 Å². The summed E-state index contributed by atoms with van der Waals surface area (Å²) < 4.78 is 0.802. The van der Waals surface area contributed by atoms with E-state index in [1.165, 1.54) is 35.9 Å². The van der Waals surface area contributed by atoms with E-state index in [2.05, 4.69) is 15.5 Å². The Bertz CT molecular complexity index is 786. The van der Waals surface area contributed by atoms with Crippen LogP contribution in [0.15, 0.2) is 28.6 Å². The number of amides is 1. The van der Waals surface area contributed by atoms with Crippen molar-refractivity contribution < 1.29 is 9.59 Å². The number of nitrogens with one attached hydrogen (secondary N) is 1. The standard InChI is InChI=1S/C17H18N4O2S2/c22-14(10-24-17-20-19-16(25-17)18-12-5-6-12)11-3-7-13(8-4-11)21-9-1-2-15(21)23/h3-4,7-8,12H,1-2,5-6,9-10H2,(H,18,19). The van der Waals surface area contributed by atoms with Crippen LogP contribution in [0.1, 0.15) is 36.0 Å². The number of nitrogens with zero attached hydrogens (tertiary/aromatic N) is 3. The highest BCUT2D eigenvalue weighted by Gasteiger charge is 2.23. The number of carbonyl (C=O) groups excluding carboxylic acids is 2. The van der Waals surface area contributed by atoms with Crippen molar-refractivity contribution in [1.82, 2.24) is 10.2 Å². The monoisotopic (exact) mass is 374 g/mol. The van der Waals surface area contributed by atoms with Gasteiger partial charge in [-0.3, -0.25) is 9.59 Å². The van der Waals surface area contributed by atoms with Gasteiger partial charge in [0.2, 0.25) is 11.0 Å². The van der Waals surface area contributed by atoms with Crippen molar-refractivity contribution in [2.75, 3.05) is 22.5 Å². The molecule has 8 heteroatoms. The highest BCUT2D eigenvalue weighted by molar-refractivity contribution is 8.01. The molecule has 2 fully saturated rings. The van der Waals surface area contributed by atoms with Crippen LogP contribution >= 0.6 is 23.1 Å². The Morgan fingerprint density at radius 2 is 2.08 bits per heavy atom. The van der Waals surface area contributed by atoms with Crippen molar-refractivity contribution in [3.63, 3.8) is 0 Å². The van der Waals surface area contributed by atoms with E-state index in [0.717, 1.165) is 28.1 Å². The van der Waals surface area contributed by atoms with Crippen LogP contribution in [-0.4, -0.2) is 40.2 Å². The maximum absolute atomic E-state index is 12.3. The molecule has 1 saturated carbocycles. The molecule has 0 spiro atoms. The number of hydrogen-bond donors (Lipinski definition) is 1. The SMILES string of the molecule is O=C(CSc1nnc(NC2CC2)s1)c1ccc(N2CCCC2=O)cc1. The number of aromatic nitrogens is 2. The van der Waals surface area contributed by atoms with Crippen LogP contribution in [0.5, 0.6) is 0 Å². The molecule has 0 unspecified atom stereocenters. The van der Waals surface area contributed by atoms with Gasteiger partial charge >= 0.3 is 0 Å². The Kier molecular flexibility index (Phi) is 4.72. The Morgan fingerprint density at radius 3 is 2.76 bits per heavy atom. The van der Waals surface area contributed by atoms with Crippen molar-refractivity contribution >= 4 is 45.6 Å². The minimum absolute atomic E-state index is 0.0520. The summed E-state index contributed by atoms with van der Waals surface area (Å²) >= 11 is 2.90. The number of ketones is 1. The maximum atomic E-state index is 12.3. The number of benzene rings is 1. The first kappa shape index (κ1) is 16.5. The highest BCUT2D eigenvalue weighted by Crippen LogP contribution is 2.30. The lowest BCUT2D eigenvalue weighted by Gasteiger charge is -2.15. The van der Waals surface area contributed by atoms with Crippen molar-refractivity contribution in [2.45, 2.75) is 36.1 Å². The normalized spacial score (nSPS) is 17.1. The van der Waals surface area contributed by atoms with Gasteiger partial charge in [-0.15, -0.1) is 10.2 Å². The van der Waals surface area contributed by atoms with E-state index in [0.29, 0.717) is 23.8 Å². The van der Waals surface area contributed by atoms with E-state index in [1.807, 2.05) is 12.1 Å². The van der Waals surface area contributed by atoms with Gasteiger partial charge in [0, 0.05) is 30.3 Å². The summed E-state index contributed by atoms with van der Waals surface area (Å²) in [6, 6.07) is 7.84. The quantitative estimate of drug-likeness (QED) is 0.592. The third kappa shape index (κ3) is 4.01. The molecular weight excluding hydrogens is 356 g/mol. The molecule has 1 aromatic heterocycles. The summed E-state index contributed by atoms with van der Waals surface area (Å²) in [6.07, 6.45) is 3.89. The van der Waals surface area contributed by atoms with Crippen LogP contribution < -0.4 is 10.2 Å². The van der Waals surface area contributed by atoms with E-state index in [1.54, 1.807) is 17.0 Å². The fourth-order valence-electron chi connectivity index (χ4n) is 2.69. The van der Waals surface area contributed by atoms with Gasteiger partial charge in [0.05, 0.1) is 5.75 Å². The molecule has 1 N–H and O–H groups in total. The van der Waals surface area contributed by atoms with Crippen LogP contribution in [0.3, 0.4) is 0 Å². The number of anilines is 2. The molecule has 4 rings (SSSR count). The lowest BCUT2D eigenvalue weighted by atomic mass is 10.1. The molecule has 6 nitrogen and oxygen atoms in total. The number of Topliss-reactive ketones (excluding diaryl/α,β-unsaturated/α-hetero) is 1. The van der Waals surface area contributed by atoms with Gasteiger partial charge in [0.1, 0.15) is 0 Å². The fraction of sp³-hybridized carbons (Fsp3) is 0.412. The first-order valence-corrected chi connectivity index (χ1v) is 10.2. The summed E-state index contributed by atoms with van der Waals surface area (Å²) in [5, 5.41) is 12.3. The number of rotatable bonds is 7. The van der Waals surface area contributed by atoms with Gasteiger partial charge < -0.3 is 10.2 Å². The summed E-state index contributed by atoms with van der Waals surface area (Å²) in [5.41, 5.74) is 1.52. The fourth-order valence-corrected chi connectivity index (χ4v) is 4.41. The Balaban J connectivity index is 1.32. The molecule has 25 heavy (non-hydrogen) atoms. The maximum Gasteiger partial charge on any atom is 0.227 e. The lowest BCUT2D eigenvalue weighted by Crippen LogP contribution is -2.23. The average molecular weight is 374 g/mol. The van der Waals surface area contributed by atoms with Crippen molar-refractivity contribution in [3.05, 3.63) is 29.8 Å². The Hall–Kier alpha value is -1.93. The third-order valence-corrected chi connectivity index (χ3v) is 6.20. The Morgan fingerprint density at radius 1 is 1.28 bits per heavy atom. The van der Waals surface area contributed by atoms with E-state index in [9.17, 15) is 9.59 Å². The first-order chi connectivity index (χ1) is 12.2. The molecule has 1 aliphatic heterocycles. The predicted molar refractivity (Wildman–Crippen MR) is 99.6 cm³/mol. The zero-order valence-electron chi connectivity index (χ0n) is 13.6. The van der Waals surface area contributed by atoms with Gasteiger partial charge in [0.25, 0.3) is 0 Å². The van der Waals surface area contributed by atoms with Gasteiger partial charge in [-0.2, -0.15) is 0 Å². The molecule has 1 amide bonds. The molecule has 1 aliphatic carbocycles. The van der Waals surface area contributed by atoms with E-state index >= 15 is 0 Å². The summed E-state index contributed by atoms with van der Waals surface area (Å²) in [4.78, 5) is 25.9. The van der Waals surface area contributed by atoms with Crippen LogP contribution in [0.25, 0.3) is 0 Å².